The number of ether oxygens (including phenoxy) is 3. The molecule has 42 heavy (non-hydrogen) atoms. The third kappa shape index (κ3) is 7.34. The van der Waals surface area contributed by atoms with Crippen molar-refractivity contribution in [1.82, 2.24) is 0 Å². The molecule has 0 amide bonds. The molecule has 228 valence electrons. The normalized spacial score (nSPS) is 18.0. The van der Waals surface area contributed by atoms with Gasteiger partial charge in [-0.15, -0.1) is 0 Å². The smallest absolute Gasteiger partial charge is 0.405 e. The summed E-state index contributed by atoms with van der Waals surface area (Å²) in [6.07, 6.45) is 0.928. The Morgan fingerprint density at radius 3 is 1.95 bits per heavy atom. The molecule has 1 fully saturated rings. The molecule has 1 aliphatic rings. The minimum Gasteiger partial charge on any atom is -0.483 e. The number of alkyl halides is 2. The van der Waals surface area contributed by atoms with Crippen molar-refractivity contribution in [1.29, 1.82) is 0 Å². The summed E-state index contributed by atoms with van der Waals surface area (Å²) < 4.78 is 76.9. The highest BCUT2D eigenvalue weighted by molar-refractivity contribution is 7.97. The van der Waals surface area contributed by atoms with Gasteiger partial charge in [-0.2, -0.15) is 17.2 Å². The van der Waals surface area contributed by atoms with Gasteiger partial charge in [-0.3, -0.25) is 4.55 Å². The zero-order valence-electron chi connectivity index (χ0n) is 24.6. The first-order chi connectivity index (χ1) is 19.6. The second-order valence-electron chi connectivity index (χ2n) is 11.6. The van der Waals surface area contributed by atoms with Crippen molar-refractivity contribution >= 4 is 21.0 Å². The first-order valence-electron chi connectivity index (χ1n) is 14.0. The molecule has 1 heterocycles. The van der Waals surface area contributed by atoms with Crippen molar-refractivity contribution < 1.29 is 36.0 Å². The van der Waals surface area contributed by atoms with Crippen LogP contribution in [0.2, 0.25) is 0 Å². The van der Waals surface area contributed by atoms with Gasteiger partial charge in [0.25, 0.3) is 0 Å². The van der Waals surface area contributed by atoms with Gasteiger partial charge in [-0.25, -0.2) is 0 Å². The average molecular weight is 622 g/mol. The van der Waals surface area contributed by atoms with Gasteiger partial charge in [0.05, 0.1) is 24.1 Å². The lowest BCUT2D eigenvalue weighted by atomic mass is 9.87. The molecule has 2 atom stereocenters. The van der Waals surface area contributed by atoms with Crippen molar-refractivity contribution in [2.75, 3.05) is 13.2 Å². The van der Waals surface area contributed by atoms with Gasteiger partial charge in [-0.05, 0) is 86.6 Å². The van der Waals surface area contributed by atoms with Gasteiger partial charge in [0.15, 0.2) is 26.6 Å². The van der Waals surface area contributed by atoms with Crippen LogP contribution in [0.1, 0.15) is 65.0 Å². The maximum atomic E-state index is 14.1. The highest BCUT2D eigenvalue weighted by atomic mass is 32.2. The predicted molar refractivity (Wildman–Crippen MR) is 160 cm³/mol. The zero-order valence-corrected chi connectivity index (χ0v) is 26.2. The molecule has 0 saturated carbocycles. The van der Waals surface area contributed by atoms with E-state index in [1.165, 1.54) is 17.7 Å². The number of rotatable bonds is 8. The molecule has 3 aromatic rings. The number of benzene rings is 3. The summed E-state index contributed by atoms with van der Waals surface area (Å²) in [5.41, 5.74) is 2.09. The standard InChI is InChI=1S/C32H38F2O6S2/c1-23(32(33,34)42(35,36)37)40-26-14-18-28(19-15-26)41(27-16-12-24(13-17-27)30(2,3)4)29-11-9-10-25(22-29)31(5)38-20-7-6-8-21-39-31/h9-19,22-23H,6-8,20-21H2,1-5H3/p+1. The van der Waals surface area contributed by atoms with Gasteiger partial charge in [0.1, 0.15) is 5.75 Å². The van der Waals surface area contributed by atoms with E-state index in [4.69, 9.17) is 18.8 Å². The summed E-state index contributed by atoms with van der Waals surface area (Å²) in [5, 5.41) is -4.46. The molecular weight excluding hydrogens is 582 g/mol. The zero-order chi connectivity index (χ0) is 30.8. The van der Waals surface area contributed by atoms with Crippen LogP contribution in [0.25, 0.3) is 0 Å². The van der Waals surface area contributed by atoms with Crippen LogP contribution >= 0.6 is 0 Å². The Hall–Kier alpha value is -2.50. The average Bonchev–Trinajstić information content (AvgIpc) is 2.91. The number of hydrogen-bond donors (Lipinski definition) is 1. The lowest BCUT2D eigenvalue weighted by Crippen LogP contribution is -2.42. The van der Waals surface area contributed by atoms with Crippen LogP contribution in [0, 0.1) is 0 Å². The Morgan fingerprint density at radius 1 is 0.881 bits per heavy atom. The topological polar surface area (TPSA) is 82.1 Å². The molecule has 0 aromatic heterocycles. The van der Waals surface area contributed by atoms with Crippen LogP contribution in [-0.2, 0) is 41.7 Å². The fourth-order valence-electron chi connectivity index (χ4n) is 4.66. The van der Waals surface area contributed by atoms with E-state index in [9.17, 15) is 17.2 Å². The number of halogens is 2. The maximum Gasteiger partial charge on any atom is 0.405 e. The van der Waals surface area contributed by atoms with Crippen LogP contribution < -0.4 is 4.74 Å². The van der Waals surface area contributed by atoms with Crippen molar-refractivity contribution in [3.8, 4) is 5.75 Å². The molecule has 4 rings (SSSR count). The van der Waals surface area contributed by atoms with Crippen molar-refractivity contribution in [3.05, 3.63) is 83.9 Å². The Labute approximate surface area is 250 Å². The lowest BCUT2D eigenvalue weighted by Gasteiger charge is -2.32. The Bertz CT molecular complexity index is 1440. The van der Waals surface area contributed by atoms with Crippen molar-refractivity contribution in [3.63, 3.8) is 0 Å². The molecule has 1 N–H and O–H groups in total. The Balaban J connectivity index is 1.72. The fourth-order valence-corrected chi connectivity index (χ4v) is 7.22. The maximum absolute atomic E-state index is 14.1. The quantitative estimate of drug-likeness (QED) is 0.205. The first-order valence-corrected chi connectivity index (χ1v) is 16.6. The summed E-state index contributed by atoms with van der Waals surface area (Å²) in [7, 11) is -6.22. The minimum absolute atomic E-state index is 0.0156. The van der Waals surface area contributed by atoms with Crippen molar-refractivity contribution in [2.45, 2.75) is 91.1 Å². The molecule has 1 aliphatic heterocycles. The van der Waals surface area contributed by atoms with Gasteiger partial charge in [0, 0.05) is 11.6 Å². The minimum atomic E-state index is -5.63. The van der Waals surface area contributed by atoms with E-state index in [2.05, 4.69) is 57.2 Å². The molecule has 0 bridgehead atoms. The second-order valence-corrected chi connectivity index (χ2v) is 15.1. The third-order valence-electron chi connectivity index (χ3n) is 7.28. The molecule has 1 saturated heterocycles. The van der Waals surface area contributed by atoms with Crippen LogP contribution in [0.3, 0.4) is 0 Å². The Kier molecular flexibility index (Phi) is 9.74. The second kappa shape index (κ2) is 12.6. The van der Waals surface area contributed by atoms with E-state index in [0.717, 1.165) is 46.4 Å². The molecule has 10 heteroatoms. The van der Waals surface area contributed by atoms with E-state index < -0.39 is 38.2 Å². The molecule has 6 nitrogen and oxygen atoms in total. The summed E-state index contributed by atoms with van der Waals surface area (Å²) in [6, 6.07) is 23.2. The van der Waals surface area contributed by atoms with Gasteiger partial charge >= 0.3 is 15.4 Å². The Morgan fingerprint density at radius 2 is 1.43 bits per heavy atom. The predicted octanol–water partition coefficient (Wildman–Crippen LogP) is 7.72. The van der Waals surface area contributed by atoms with Crippen LogP contribution in [-0.4, -0.2) is 37.5 Å². The lowest BCUT2D eigenvalue weighted by molar-refractivity contribution is -0.241. The van der Waals surface area contributed by atoms with Gasteiger partial charge in [0.2, 0.25) is 0 Å². The van der Waals surface area contributed by atoms with Crippen molar-refractivity contribution in [2.24, 2.45) is 0 Å². The summed E-state index contributed by atoms with van der Waals surface area (Å²) in [5.74, 6) is -0.827. The van der Waals surface area contributed by atoms with E-state index in [1.807, 2.05) is 19.1 Å². The van der Waals surface area contributed by atoms with Crippen LogP contribution in [0.4, 0.5) is 8.78 Å². The molecule has 2 unspecified atom stereocenters. The van der Waals surface area contributed by atoms with E-state index in [0.29, 0.717) is 13.2 Å². The first kappa shape index (κ1) is 32.4. The highest BCUT2D eigenvalue weighted by Crippen LogP contribution is 2.37. The van der Waals surface area contributed by atoms with E-state index >= 15 is 0 Å². The number of hydrogen-bond acceptors (Lipinski definition) is 5. The SMILES string of the molecule is CC(Oc1ccc([S+](c2ccc(C(C)(C)C)cc2)c2cccc(C3(C)OCCCCCO3)c2)cc1)C(F)(F)S(=O)(=O)O. The summed E-state index contributed by atoms with van der Waals surface area (Å²) >= 11 is 0. The van der Waals surface area contributed by atoms with E-state index in [1.54, 1.807) is 12.1 Å². The van der Waals surface area contributed by atoms with Crippen LogP contribution in [0.5, 0.6) is 5.75 Å². The molecule has 0 radical (unpaired) electrons. The molecule has 0 spiro atoms. The fraction of sp³-hybridized carbons (Fsp3) is 0.438. The molecular formula is C32H39F2O6S2+. The summed E-state index contributed by atoms with van der Waals surface area (Å²) in [6.45, 7) is 10.5. The molecule has 0 aliphatic carbocycles. The highest BCUT2D eigenvalue weighted by Gasteiger charge is 2.51. The summed E-state index contributed by atoms with van der Waals surface area (Å²) in [4.78, 5) is 2.98. The van der Waals surface area contributed by atoms with Gasteiger partial charge < -0.3 is 14.2 Å². The van der Waals surface area contributed by atoms with Crippen LogP contribution in [0.15, 0.2) is 87.5 Å². The van der Waals surface area contributed by atoms with Gasteiger partial charge in [-0.1, -0.05) is 45.0 Å². The third-order valence-corrected chi connectivity index (χ3v) is 10.5. The van der Waals surface area contributed by atoms with E-state index in [-0.39, 0.29) is 11.2 Å². The largest absolute Gasteiger partial charge is 0.483 e. The molecule has 3 aromatic carbocycles. The monoisotopic (exact) mass is 621 g/mol.